The minimum absolute atomic E-state index is 0.0354. The number of aromatic nitrogens is 1. The number of pyridine rings is 1. The van der Waals surface area contributed by atoms with Crippen molar-refractivity contribution in [3.8, 4) is 11.1 Å². The molecule has 0 radical (unpaired) electrons. The van der Waals surface area contributed by atoms with Crippen molar-refractivity contribution in [2.75, 3.05) is 6.61 Å². The van der Waals surface area contributed by atoms with Gasteiger partial charge in [-0.2, -0.15) is 0 Å². The fraction of sp³-hybridized carbons (Fsp3) is 0.154. The predicted octanol–water partition coefficient (Wildman–Crippen LogP) is 5.23. The molecule has 0 aliphatic carbocycles. The number of esters is 1. The number of ether oxygens (including phenoxy) is 1. The maximum absolute atomic E-state index is 15.2. The normalized spacial score (nSPS) is 14.5. The molecule has 4 aromatic rings. The average molecular weight is 479 g/mol. The van der Waals surface area contributed by atoms with Crippen LogP contribution in [0, 0.1) is 11.6 Å². The van der Waals surface area contributed by atoms with Crippen molar-refractivity contribution < 1.29 is 18.3 Å². The SMILES string of the molecule is CCOC(=O)c1c2n(c3cc(-c4ccc(CN)cc4)c(F)cc3c1=O)C(c1ccccc1F)S2. The predicted molar refractivity (Wildman–Crippen MR) is 128 cm³/mol. The van der Waals surface area contributed by atoms with Crippen LogP contribution in [0.2, 0.25) is 0 Å². The maximum Gasteiger partial charge on any atom is 0.344 e. The summed E-state index contributed by atoms with van der Waals surface area (Å²) in [6.45, 7) is 2.09. The first-order chi connectivity index (χ1) is 16.4. The Morgan fingerprint density at radius 3 is 2.50 bits per heavy atom. The number of benzene rings is 3. The van der Waals surface area contributed by atoms with Crippen molar-refractivity contribution in [3.05, 3.63) is 99.2 Å². The first-order valence-corrected chi connectivity index (χ1v) is 11.6. The Morgan fingerprint density at radius 2 is 1.82 bits per heavy atom. The lowest BCUT2D eigenvalue weighted by Crippen LogP contribution is -2.31. The molecule has 0 saturated carbocycles. The number of hydrogen-bond donors (Lipinski definition) is 1. The van der Waals surface area contributed by atoms with Gasteiger partial charge in [0.15, 0.2) is 0 Å². The van der Waals surface area contributed by atoms with Crippen molar-refractivity contribution >= 4 is 28.6 Å². The van der Waals surface area contributed by atoms with Gasteiger partial charge in [0.1, 0.15) is 22.6 Å². The van der Waals surface area contributed by atoms with E-state index >= 15 is 4.39 Å². The minimum atomic E-state index is -0.778. The van der Waals surface area contributed by atoms with Crippen LogP contribution in [0.3, 0.4) is 0 Å². The number of hydrogen-bond acceptors (Lipinski definition) is 5. The lowest BCUT2D eigenvalue weighted by Gasteiger charge is -2.36. The van der Waals surface area contributed by atoms with Crippen LogP contribution in [0.4, 0.5) is 8.78 Å². The Hall–Kier alpha value is -3.49. The van der Waals surface area contributed by atoms with Crippen LogP contribution in [-0.2, 0) is 11.3 Å². The fourth-order valence-electron chi connectivity index (χ4n) is 4.17. The monoisotopic (exact) mass is 478 g/mol. The van der Waals surface area contributed by atoms with E-state index in [4.69, 9.17) is 10.5 Å². The van der Waals surface area contributed by atoms with Gasteiger partial charge in [0.05, 0.1) is 17.1 Å². The second-order valence-electron chi connectivity index (χ2n) is 7.84. The fourth-order valence-corrected chi connectivity index (χ4v) is 5.47. The maximum atomic E-state index is 15.2. The number of carbonyl (C=O) groups excluding carboxylic acids is 1. The smallest absolute Gasteiger partial charge is 0.344 e. The molecule has 1 aliphatic rings. The lowest BCUT2D eigenvalue weighted by molar-refractivity contribution is 0.0518. The summed E-state index contributed by atoms with van der Waals surface area (Å²) in [7, 11) is 0. The zero-order valence-corrected chi connectivity index (χ0v) is 19.0. The number of nitrogens with two attached hydrogens (primary N) is 1. The molecule has 8 heteroatoms. The largest absolute Gasteiger partial charge is 0.462 e. The van der Waals surface area contributed by atoms with Gasteiger partial charge in [-0.1, -0.05) is 54.2 Å². The van der Waals surface area contributed by atoms with Gasteiger partial charge in [0.2, 0.25) is 5.43 Å². The van der Waals surface area contributed by atoms with Crippen LogP contribution in [0.15, 0.2) is 70.5 Å². The number of thioether (sulfide) groups is 1. The number of rotatable bonds is 5. The summed E-state index contributed by atoms with van der Waals surface area (Å²) in [5.74, 6) is -1.79. The van der Waals surface area contributed by atoms with E-state index in [1.807, 2.05) is 12.1 Å². The Kier molecular flexibility index (Phi) is 5.71. The van der Waals surface area contributed by atoms with Crippen molar-refractivity contribution in [2.24, 2.45) is 5.73 Å². The minimum Gasteiger partial charge on any atom is -0.462 e. The molecule has 0 saturated heterocycles. The number of nitrogens with zero attached hydrogens (tertiary/aromatic N) is 1. The Balaban J connectivity index is 1.79. The molecule has 0 amide bonds. The third kappa shape index (κ3) is 3.50. The Bertz CT molecular complexity index is 1500. The second-order valence-corrected chi connectivity index (χ2v) is 8.91. The number of carbonyl (C=O) groups is 1. The molecule has 1 aromatic heterocycles. The Labute approximate surface area is 198 Å². The summed E-state index contributed by atoms with van der Waals surface area (Å²) in [6, 6.07) is 16.2. The molecule has 172 valence electrons. The zero-order valence-electron chi connectivity index (χ0n) is 18.2. The average Bonchev–Trinajstić information content (AvgIpc) is 2.82. The standard InChI is InChI=1S/C26H20F2N2O3S/c1-2-33-26(32)22-23(31)18-11-20(28)17(15-9-7-14(13-29)8-10-15)12-21(18)30-24(34-25(22)30)16-5-3-4-6-19(16)27/h3-12,24H,2,13,29H2,1H3. The summed E-state index contributed by atoms with van der Waals surface area (Å²) >= 11 is 1.20. The topological polar surface area (TPSA) is 74.3 Å². The van der Waals surface area contributed by atoms with E-state index in [1.165, 1.54) is 17.8 Å². The van der Waals surface area contributed by atoms with Gasteiger partial charge in [-0.25, -0.2) is 13.6 Å². The van der Waals surface area contributed by atoms with Gasteiger partial charge >= 0.3 is 5.97 Å². The molecule has 2 heterocycles. The van der Waals surface area contributed by atoms with Crippen LogP contribution in [0.5, 0.6) is 0 Å². The summed E-state index contributed by atoms with van der Waals surface area (Å²) in [6.07, 6.45) is 0. The molecule has 34 heavy (non-hydrogen) atoms. The number of fused-ring (bicyclic) bond motifs is 3. The summed E-state index contributed by atoms with van der Waals surface area (Å²) in [5, 5.41) is -0.112. The first kappa shape index (κ1) is 22.3. The third-order valence-corrected chi connectivity index (χ3v) is 7.17. The highest BCUT2D eigenvalue weighted by molar-refractivity contribution is 8.00. The van der Waals surface area contributed by atoms with E-state index in [1.54, 1.807) is 47.9 Å². The van der Waals surface area contributed by atoms with E-state index in [0.717, 1.165) is 11.6 Å². The molecule has 2 N–H and O–H groups in total. The molecule has 1 aliphatic heterocycles. The van der Waals surface area contributed by atoms with Gasteiger partial charge in [0.25, 0.3) is 0 Å². The molecule has 5 rings (SSSR count). The van der Waals surface area contributed by atoms with E-state index in [0.29, 0.717) is 33.8 Å². The highest BCUT2D eigenvalue weighted by Crippen LogP contribution is 2.51. The highest BCUT2D eigenvalue weighted by Gasteiger charge is 2.38. The summed E-state index contributed by atoms with van der Waals surface area (Å²) < 4.78 is 36.7. The second kappa shape index (κ2) is 8.70. The summed E-state index contributed by atoms with van der Waals surface area (Å²) in [5.41, 5.74) is 7.52. The highest BCUT2D eigenvalue weighted by atomic mass is 32.2. The lowest BCUT2D eigenvalue weighted by atomic mass is 10.00. The molecule has 1 atom stereocenters. The van der Waals surface area contributed by atoms with E-state index in [-0.39, 0.29) is 17.6 Å². The molecule has 0 fully saturated rings. The van der Waals surface area contributed by atoms with Crippen molar-refractivity contribution in [2.45, 2.75) is 23.9 Å². The molecule has 0 bridgehead atoms. The van der Waals surface area contributed by atoms with E-state index < -0.39 is 28.4 Å². The Morgan fingerprint density at radius 1 is 1.09 bits per heavy atom. The molecule has 0 spiro atoms. The van der Waals surface area contributed by atoms with E-state index in [2.05, 4.69) is 0 Å². The van der Waals surface area contributed by atoms with Crippen molar-refractivity contribution in [1.82, 2.24) is 4.57 Å². The molecule has 5 nitrogen and oxygen atoms in total. The zero-order chi connectivity index (χ0) is 24.0. The third-order valence-electron chi connectivity index (χ3n) is 5.86. The van der Waals surface area contributed by atoms with Gasteiger partial charge in [-0.05, 0) is 36.2 Å². The number of halogens is 2. The van der Waals surface area contributed by atoms with Gasteiger partial charge < -0.3 is 15.0 Å². The molecular weight excluding hydrogens is 458 g/mol. The van der Waals surface area contributed by atoms with Gasteiger partial charge in [-0.3, -0.25) is 4.79 Å². The molecule has 1 unspecified atom stereocenters. The van der Waals surface area contributed by atoms with Crippen LogP contribution < -0.4 is 11.2 Å². The summed E-state index contributed by atoms with van der Waals surface area (Å²) in [4.78, 5) is 25.9. The van der Waals surface area contributed by atoms with Crippen LogP contribution in [0.25, 0.3) is 22.0 Å². The first-order valence-electron chi connectivity index (χ1n) is 10.7. The quantitative estimate of drug-likeness (QED) is 0.398. The van der Waals surface area contributed by atoms with Crippen LogP contribution in [-0.4, -0.2) is 17.1 Å². The van der Waals surface area contributed by atoms with Gasteiger partial charge in [-0.15, -0.1) is 0 Å². The van der Waals surface area contributed by atoms with Crippen LogP contribution >= 0.6 is 11.8 Å². The molecule has 3 aromatic carbocycles. The van der Waals surface area contributed by atoms with E-state index in [9.17, 15) is 14.0 Å². The van der Waals surface area contributed by atoms with Crippen molar-refractivity contribution in [1.29, 1.82) is 0 Å². The molecular formula is C26H20F2N2O3S. The van der Waals surface area contributed by atoms with Gasteiger partial charge in [0, 0.05) is 23.1 Å². The van der Waals surface area contributed by atoms with Crippen LogP contribution in [0.1, 0.15) is 33.8 Å². The van der Waals surface area contributed by atoms with Crippen molar-refractivity contribution in [3.63, 3.8) is 0 Å².